The lowest BCUT2D eigenvalue weighted by Gasteiger charge is -2.37. The second-order valence-electron chi connectivity index (χ2n) is 3.61. The third-order valence-electron chi connectivity index (χ3n) is 2.65. The summed E-state index contributed by atoms with van der Waals surface area (Å²) in [5.74, 6) is 0.225. The van der Waals surface area contributed by atoms with Gasteiger partial charge in [-0.25, -0.2) is 0 Å². The topological polar surface area (TPSA) is 49.6 Å². The van der Waals surface area contributed by atoms with Crippen molar-refractivity contribution in [2.45, 2.75) is 19.4 Å². The summed E-state index contributed by atoms with van der Waals surface area (Å²) in [6, 6.07) is 0.0327. The molecule has 0 radical (unpaired) electrons. The molecule has 1 heterocycles. The number of carbonyl (C=O) groups is 1. The maximum absolute atomic E-state index is 11.6. The molecule has 76 valence electrons. The van der Waals surface area contributed by atoms with Crippen molar-refractivity contribution < 1.29 is 4.79 Å². The van der Waals surface area contributed by atoms with Crippen LogP contribution < -0.4 is 5.73 Å². The number of piperazine rings is 1. The zero-order valence-corrected chi connectivity index (χ0v) is 8.49. The van der Waals surface area contributed by atoms with Gasteiger partial charge in [0.05, 0.1) is 6.04 Å². The average molecular weight is 185 g/mol. The Hall–Kier alpha value is -0.610. The van der Waals surface area contributed by atoms with Gasteiger partial charge in [-0.3, -0.25) is 9.69 Å². The Morgan fingerprint density at radius 1 is 1.54 bits per heavy atom. The quantitative estimate of drug-likeness (QED) is 0.645. The summed E-state index contributed by atoms with van der Waals surface area (Å²) in [5.41, 5.74) is 5.43. The molecule has 1 rings (SSSR count). The van der Waals surface area contributed by atoms with Gasteiger partial charge in [-0.05, 0) is 19.9 Å². The molecular formula is C9H19N3O. The maximum Gasteiger partial charge on any atom is 0.239 e. The molecule has 13 heavy (non-hydrogen) atoms. The van der Waals surface area contributed by atoms with E-state index in [-0.39, 0.29) is 11.9 Å². The van der Waals surface area contributed by atoms with E-state index < -0.39 is 0 Å². The summed E-state index contributed by atoms with van der Waals surface area (Å²) in [5, 5.41) is 0. The third-order valence-corrected chi connectivity index (χ3v) is 2.65. The minimum atomic E-state index is 0.0327. The Morgan fingerprint density at radius 2 is 2.23 bits per heavy atom. The highest BCUT2D eigenvalue weighted by molar-refractivity contribution is 5.81. The van der Waals surface area contributed by atoms with E-state index >= 15 is 0 Å². The second kappa shape index (κ2) is 4.58. The van der Waals surface area contributed by atoms with Crippen LogP contribution in [0.4, 0.5) is 0 Å². The highest BCUT2D eigenvalue weighted by Crippen LogP contribution is 2.09. The van der Waals surface area contributed by atoms with E-state index in [1.54, 1.807) is 4.90 Å². The van der Waals surface area contributed by atoms with Crippen LogP contribution in [0, 0.1) is 0 Å². The van der Waals surface area contributed by atoms with Gasteiger partial charge in [0, 0.05) is 26.7 Å². The van der Waals surface area contributed by atoms with Crippen LogP contribution in [0.3, 0.4) is 0 Å². The number of carbonyl (C=O) groups excluding carboxylic acids is 1. The predicted octanol–water partition coefficient (Wildman–Crippen LogP) is -0.502. The van der Waals surface area contributed by atoms with Crippen molar-refractivity contribution in [2.75, 3.05) is 33.2 Å². The molecule has 1 saturated heterocycles. The summed E-state index contributed by atoms with van der Waals surface area (Å²) >= 11 is 0. The van der Waals surface area contributed by atoms with Gasteiger partial charge >= 0.3 is 0 Å². The zero-order valence-electron chi connectivity index (χ0n) is 8.49. The number of hydrogen-bond donors (Lipinski definition) is 1. The van der Waals surface area contributed by atoms with Gasteiger partial charge in [-0.2, -0.15) is 0 Å². The van der Waals surface area contributed by atoms with Gasteiger partial charge < -0.3 is 10.6 Å². The van der Waals surface area contributed by atoms with E-state index in [2.05, 4.69) is 4.90 Å². The molecule has 0 spiro atoms. The molecule has 0 aromatic heterocycles. The molecule has 2 N–H and O–H groups in total. The van der Waals surface area contributed by atoms with E-state index in [4.69, 9.17) is 5.73 Å². The van der Waals surface area contributed by atoms with E-state index in [0.717, 1.165) is 26.1 Å². The first-order valence-electron chi connectivity index (χ1n) is 4.86. The Morgan fingerprint density at radius 3 is 2.85 bits per heavy atom. The first-order chi connectivity index (χ1) is 6.16. The summed E-state index contributed by atoms with van der Waals surface area (Å²) < 4.78 is 0. The van der Waals surface area contributed by atoms with Crippen molar-refractivity contribution >= 4 is 5.91 Å². The zero-order chi connectivity index (χ0) is 9.84. The molecule has 0 saturated carbocycles. The molecule has 1 amide bonds. The van der Waals surface area contributed by atoms with Crippen LogP contribution in [-0.2, 0) is 4.79 Å². The number of nitrogens with zero attached hydrogens (tertiary/aromatic N) is 2. The Kier molecular flexibility index (Phi) is 3.69. The van der Waals surface area contributed by atoms with Crippen LogP contribution in [-0.4, -0.2) is 55.0 Å². The first kappa shape index (κ1) is 10.5. The lowest BCUT2D eigenvalue weighted by Crippen LogP contribution is -2.54. The fourth-order valence-electron chi connectivity index (χ4n) is 1.66. The molecule has 1 atom stereocenters. The van der Waals surface area contributed by atoms with E-state index in [1.807, 2.05) is 14.0 Å². The highest BCUT2D eigenvalue weighted by atomic mass is 16.2. The van der Waals surface area contributed by atoms with Crippen LogP contribution >= 0.6 is 0 Å². The molecular weight excluding hydrogens is 166 g/mol. The third kappa shape index (κ3) is 2.42. The summed E-state index contributed by atoms with van der Waals surface area (Å²) in [6.07, 6.45) is 0.974. The van der Waals surface area contributed by atoms with Gasteiger partial charge in [0.15, 0.2) is 0 Å². The fourth-order valence-corrected chi connectivity index (χ4v) is 1.66. The highest BCUT2D eigenvalue weighted by Gasteiger charge is 2.28. The monoisotopic (exact) mass is 185 g/mol. The fraction of sp³-hybridized carbons (Fsp3) is 0.889. The van der Waals surface area contributed by atoms with Crippen LogP contribution in [0.2, 0.25) is 0 Å². The lowest BCUT2D eigenvalue weighted by atomic mass is 10.2. The standard InChI is InChI=1S/C9H19N3O/c1-8-9(13)11(2)6-7-12(8)5-3-4-10/h8H,3-7,10H2,1-2H3. The van der Waals surface area contributed by atoms with Crippen molar-refractivity contribution in [3.63, 3.8) is 0 Å². The molecule has 1 aliphatic heterocycles. The van der Waals surface area contributed by atoms with E-state index in [0.29, 0.717) is 6.54 Å². The van der Waals surface area contributed by atoms with Crippen molar-refractivity contribution in [1.29, 1.82) is 0 Å². The van der Waals surface area contributed by atoms with Crippen LogP contribution in [0.15, 0.2) is 0 Å². The van der Waals surface area contributed by atoms with E-state index in [9.17, 15) is 4.79 Å². The average Bonchev–Trinajstić information content (AvgIpc) is 2.13. The molecule has 1 fully saturated rings. The van der Waals surface area contributed by atoms with Gasteiger partial charge in [0.25, 0.3) is 0 Å². The Balaban J connectivity index is 2.44. The molecule has 1 unspecified atom stereocenters. The van der Waals surface area contributed by atoms with Crippen LogP contribution in [0.1, 0.15) is 13.3 Å². The van der Waals surface area contributed by atoms with Gasteiger partial charge in [0.1, 0.15) is 0 Å². The minimum absolute atomic E-state index is 0.0327. The maximum atomic E-state index is 11.6. The van der Waals surface area contributed by atoms with Gasteiger partial charge in [-0.15, -0.1) is 0 Å². The SMILES string of the molecule is CC1C(=O)N(C)CCN1CCCN. The minimum Gasteiger partial charge on any atom is -0.343 e. The van der Waals surface area contributed by atoms with Crippen molar-refractivity contribution in [3.05, 3.63) is 0 Å². The number of nitrogens with two attached hydrogens (primary N) is 1. The van der Waals surface area contributed by atoms with Crippen LogP contribution in [0.25, 0.3) is 0 Å². The van der Waals surface area contributed by atoms with Crippen molar-refractivity contribution in [1.82, 2.24) is 9.80 Å². The van der Waals surface area contributed by atoms with Crippen molar-refractivity contribution in [2.24, 2.45) is 5.73 Å². The smallest absolute Gasteiger partial charge is 0.239 e. The molecule has 0 aliphatic carbocycles. The first-order valence-corrected chi connectivity index (χ1v) is 4.86. The predicted molar refractivity (Wildman–Crippen MR) is 52.3 cm³/mol. The molecule has 0 aromatic rings. The second-order valence-corrected chi connectivity index (χ2v) is 3.61. The molecule has 4 nitrogen and oxygen atoms in total. The van der Waals surface area contributed by atoms with E-state index in [1.165, 1.54) is 0 Å². The number of amides is 1. The summed E-state index contributed by atoms with van der Waals surface area (Å²) in [4.78, 5) is 15.6. The molecule has 1 aliphatic rings. The Labute approximate surface area is 79.7 Å². The Bertz CT molecular complexity index is 182. The normalized spacial score (nSPS) is 25.3. The van der Waals surface area contributed by atoms with Crippen LogP contribution in [0.5, 0.6) is 0 Å². The number of likely N-dealkylation sites (N-methyl/N-ethyl adjacent to an activating group) is 1. The van der Waals surface area contributed by atoms with Crippen molar-refractivity contribution in [3.8, 4) is 0 Å². The summed E-state index contributed by atoms with van der Waals surface area (Å²) in [6.45, 7) is 5.43. The lowest BCUT2D eigenvalue weighted by molar-refractivity contribution is -0.139. The number of hydrogen-bond acceptors (Lipinski definition) is 3. The number of rotatable bonds is 3. The van der Waals surface area contributed by atoms with Gasteiger partial charge in [0.2, 0.25) is 5.91 Å². The molecule has 0 aromatic carbocycles. The molecule has 4 heteroatoms. The summed E-state index contributed by atoms with van der Waals surface area (Å²) in [7, 11) is 1.86. The van der Waals surface area contributed by atoms with Gasteiger partial charge in [-0.1, -0.05) is 0 Å². The largest absolute Gasteiger partial charge is 0.343 e. The molecule has 0 bridgehead atoms.